The summed E-state index contributed by atoms with van der Waals surface area (Å²) in [4.78, 5) is 10.9. The van der Waals surface area contributed by atoms with Crippen LogP contribution in [0.4, 0.5) is 0 Å². The van der Waals surface area contributed by atoms with Gasteiger partial charge >= 0.3 is 5.97 Å². The summed E-state index contributed by atoms with van der Waals surface area (Å²) in [5, 5.41) is 8.64. The molecule has 3 heteroatoms. The highest BCUT2D eigenvalue weighted by molar-refractivity contribution is 5.78. The molecule has 0 heterocycles. The van der Waals surface area contributed by atoms with E-state index in [2.05, 4.69) is 11.3 Å². The molecule has 0 spiro atoms. The van der Waals surface area contributed by atoms with Gasteiger partial charge in [-0.25, -0.2) is 0 Å². The van der Waals surface area contributed by atoms with E-state index >= 15 is 0 Å². The van der Waals surface area contributed by atoms with E-state index in [-0.39, 0.29) is 11.9 Å². The highest BCUT2D eigenvalue weighted by Gasteiger charge is 2.57. The minimum atomic E-state index is -0.632. The lowest BCUT2D eigenvalue weighted by Gasteiger charge is -1.98. The Morgan fingerprint density at radius 2 is 2.64 bits per heavy atom. The zero-order valence-electron chi connectivity index (χ0n) is 6.33. The van der Waals surface area contributed by atoms with Gasteiger partial charge in [-0.15, -0.1) is 6.58 Å². The predicted molar refractivity (Wildman–Crippen MR) is 38.4 cm³/mol. The third kappa shape index (κ3) is 1.01. The van der Waals surface area contributed by atoms with E-state index in [9.17, 15) is 4.79 Å². The lowest BCUT2D eigenvalue weighted by Crippen LogP contribution is -2.08. The van der Waals surface area contributed by atoms with Crippen LogP contribution < -0.4 is 0 Å². The van der Waals surface area contributed by atoms with E-state index in [4.69, 9.17) is 5.26 Å². The third-order valence-electron chi connectivity index (χ3n) is 2.06. The van der Waals surface area contributed by atoms with Crippen LogP contribution in [0, 0.1) is 22.7 Å². The van der Waals surface area contributed by atoms with Crippen molar-refractivity contribution in [3.05, 3.63) is 12.7 Å². The Balaban J connectivity index is 2.66. The number of nitriles is 1. The number of nitrogens with zero attached hydrogens (tertiary/aromatic N) is 1. The number of carbonyl (C=O) groups excluding carboxylic acids is 1. The molecule has 0 aromatic rings. The van der Waals surface area contributed by atoms with Gasteiger partial charge in [0.2, 0.25) is 0 Å². The molecule has 1 rings (SSSR count). The number of allylic oxidation sites excluding steroid dienone is 1. The maximum atomic E-state index is 10.9. The van der Waals surface area contributed by atoms with Gasteiger partial charge in [-0.1, -0.05) is 6.08 Å². The van der Waals surface area contributed by atoms with E-state index < -0.39 is 5.41 Å². The predicted octanol–water partition coefficient (Wildman–Crippen LogP) is 0.875. The Morgan fingerprint density at radius 1 is 2.00 bits per heavy atom. The molecule has 0 amide bonds. The SMILES string of the molecule is C=C[C@]1(C#N)C[C@@H]1C(=O)OC. The number of carbonyl (C=O) groups is 1. The summed E-state index contributed by atoms with van der Waals surface area (Å²) in [6.45, 7) is 3.50. The molecule has 58 valence electrons. The van der Waals surface area contributed by atoms with Crippen molar-refractivity contribution in [2.24, 2.45) is 11.3 Å². The molecule has 0 aromatic heterocycles. The highest BCUT2D eigenvalue weighted by Crippen LogP contribution is 2.53. The quantitative estimate of drug-likeness (QED) is 0.434. The van der Waals surface area contributed by atoms with Gasteiger partial charge in [0, 0.05) is 0 Å². The Hall–Kier alpha value is -1.30. The van der Waals surface area contributed by atoms with Crippen molar-refractivity contribution in [3.8, 4) is 6.07 Å². The second-order valence-electron chi connectivity index (χ2n) is 2.64. The molecule has 0 aromatic carbocycles. The fraction of sp³-hybridized carbons (Fsp3) is 0.500. The number of methoxy groups -OCH3 is 1. The summed E-state index contributed by atoms with van der Waals surface area (Å²) >= 11 is 0. The van der Waals surface area contributed by atoms with Crippen LogP contribution in [0.25, 0.3) is 0 Å². The summed E-state index contributed by atoms with van der Waals surface area (Å²) in [5.74, 6) is -0.596. The van der Waals surface area contributed by atoms with Crippen molar-refractivity contribution in [3.63, 3.8) is 0 Å². The normalized spacial score (nSPS) is 33.6. The number of hydrogen-bond donors (Lipinski definition) is 0. The van der Waals surface area contributed by atoms with Crippen LogP contribution in [0.3, 0.4) is 0 Å². The van der Waals surface area contributed by atoms with Crippen LogP contribution in [0.5, 0.6) is 0 Å². The summed E-state index contributed by atoms with van der Waals surface area (Å²) in [6.07, 6.45) is 2.08. The Labute approximate surface area is 65.3 Å². The van der Waals surface area contributed by atoms with Crippen LogP contribution >= 0.6 is 0 Å². The Kier molecular flexibility index (Phi) is 1.69. The second kappa shape index (κ2) is 2.39. The molecular weight excluding hydrogens is 142 g/mol. The van der Waals surface area contributed by atoms with E-state index in [0.717, 1.165) is 0 Å². The Morgan fingerprint density at radius 3 is 2.91 bits per heavy atom. The molecular formula is C8H9NO2. The van der Waals surface area contributed by atoms with Crippen molar-refractivity contribution < 1.29 is 9.53 Å². The van der Waals surface area contributed by atoms with Gasteiger partial charge in [0.25, 0.3) is 0 Å². The molecule has 0 saturated heterocycles. The molecule has 0 radical (unpaired) electrons. The standard InChI is InChI=1S/C8H9NO2/c1-3-8(5-9)4-6(8)7(10)11-2/h3,6H,1,4H2,2H3/t6-,8-/m1/s1. The summed E-state index contributed by atoms with van der Waals surface area (Å²) in [7, 11) is 1.33. The first-order valence-corrected chi connectivity index (χ1v) is 3.33. The van der Waals surface area contributed by atoms with Crippen LogP contribution in [0.1, 0.15) is 6.42 Å². The summed E-state index contributed by atoms with van der Waals surface area (Å²) in [5.41, 5.74) is -0.632. The zero-order valence-corrected chi connectivity index (χ0v) is 6.33. The number of hydrogen-bond acceptors (Lipinski definition) is 3. The molecule has 0 aliphatic heterocycles. The van der Waals surface area contributed by atoms with Crippen molar-refractivity contribution in [1.82, 2.24) is 0 Å². The van der Waals surface area contributed by atoms with Crippen LogP contribution in [0.2, 0.25) is 0 Å². The van der Waals surface area contributed by atoms with Crippen molar-refractivity contribution >= 4 is 5.97 Å². The molecule has 0 bridgehead atoms. The van der Waals surface area contributed by atoms with Gasteiger partial charge in [0.1, 0.15) is 0 Å². The van der Waals surface area contributed by atoms with Gasteiger partial charge in [0.15, 0.2) is 0 Å². The van der Waals surface area contributed by atoms with Crippen molar-refractivity contribution in [2.75, 3.05) is 7.11 Å². The van der Waals surface area contributed by atoms with E-state index in [1.807, 2.05) is 6.07 Å². The van der Waals surface area contributed by atoms with Gasteiger partial charge in [-0.2, -0.15) is 5.26 Å². The Bertz CT molecular complexity index is 241. The second-order valence-corrected chi connectivity index (χ2v) is 2.64. The minimum absolute atomic E-state index is 0.282. The monoisotopic (exact) mass is 151 g/mol. The van der Waals surface area contributed by atoms with Crippen molar-refractivity contribution in [2.45, 2.75) is 6.42 Å². The maximum Gasteiger partial charge on any atom is 0.310 e. The average Bonchev–Trinajstić information content (AvgIpc) is 2.78. The molecule has 0 unspecified atom stereocenters. The van der Waals surface area contributed by atoms with E-state index in [0.29, 0.717) is 6.42 Å². The van der Waals surface area contributed by atoms with E-state index in [1.165, 1.54) is 13.2 Å². The smallest absolute Gasteiger partial charge is 0.310 e. The molecule has 1 fully saturated rings. The molecule has 3 nitrogen and oxygen atoms in total. The maximum absolute atomic E-state index is 10.9. The van der Waals surface area contributed by atoms with Crippen LogP contribution in [0.15, 0.2) is 12.7 Å². The van der Waals surface area contributed by atoms with Gasteiger partial charge < -0.3 is 4.74 Å². The lowest BCUT2D eigenvalue weighted by atomic mass is 10.1. The molecule has 1 aliphatic rings. The largest absolute Gasteiger partial charge is 0.469 e. The number of rotatable bonds is 2. The molecule has 1 saturated carbocycles. The zero-order chi connectivity index (χ0) is 8.48. The molecule has 1 aliphatic carbocycles. The molecule has 0 N–H and O–H groups in total. The first-order chi connectivity index (χ1) is 5.20. The van der Waals surface area contributed by atoms with Gasteiger partial charge in [-0.3, -0.25) is 4.79 Å². The summed E-state index contributed by atoms with van der Waals surface area (Å²) in [6, 6.07) is 2.05. The summed E-state index contributed by atoms with van der Waals surface area (Å²) < 4.78 is 4.50. The minimum Gasteiger partial charge on any atom is -0.469 e. The third-order valence-corrected chi connectivity index (χ3v) is 2.06. The first kappa shape index (κ1) is 7.80. The van der Waals surface area contributed by atoms with Crippen LogP contribution in [-0.2, 0) is 9.53 Å². The van der Waals surface area contributed by atoms with Crippen LogP contribution in [-0.4, -0.2) is 13.1 Å². The van der Waals surface area contributed by atoms with Gasteiger partial charge in [-0.05, 0) is 6.42 Å². The number of esters is 1. The van der Waals surface area contributed by atoms with Crippen molar-refractivity contribution in [1.29, 1.82) is 5.26 Å². The number of ether oxygens (including phenoxy) is 1. The topological polar surface area (TPSA) is 50.1 Å². The fourth-order valence-corrected chi connectivity index (χ4v) is 1.11. The molecule has 11 heavy (non-hydrogen) atoms. The fourth-order valence-electron chi connectivity index (χ4n) is 1.11. The lowest BCUT2D eigenvalue weighted by molar-refractivity contribution is -0.142. The average molecular weight is 151 g/mol. The van der Waals surface area contributed by atoms with E-state index in [1.54, 1.807) is 0 Å². The molecule has 2 atom stereocenters. The van der Waals surface area contributed by atoms with Gasteiger partial charge in [0.05, 0.1) is 24.5 Å². The first-order valence-electron chi connectivity index (χ1n) is 3.33. The highest BCUT2D eigenvalue weighted by atomic mass is 16.5.